The first-order valence-electron chi connectivity index (χ1n) is 7.55. The van der Waals surface area contributed by atoms with Gasteiger partial charge < -0.3 is 35.2 Å². The molecule has 8 nitrogen and oxygen atoms in total. The summed E-state index contributed by atoms with van der Waals surface area (Å²) in [6.45, 7) is -0.486. The summed E-state index contributed by atoms with van der Waals surface area (Å²) in [6, 6.07) is 7.17. The molecule has 0 amide bonds. The second-order valence-electron chi connectivity index (χ2n) is 5.64. The molecule has 1 aliphatic rings. The molecule has 1 saturated heterocycles. The van der Waals surface area contributed by atoms with Crippen LogP contribution in [0, 0.1) is 0 Å². The lowest BCUT2D eigenvalue weighted by atomic mass is 9.98. The monoisotopic (exact) mass is 336 g/mol. The molecule has 24 heavy (non-hydrogen) atoms. The number of ether oxygens (including phenoxy) is 2. The largest absolute Gasteiger partial charge is 0.497 e. The van der Waals surface area contributed by atoms with Gasteiger partial charge in [-0.15, -0.1) is 0 Å². The molecule has 5 N–H and O–H groups in total. The van der Waals surface area contributed by atoms with Gasteiger partial charge in [-0.25, -0.2) is 0 Å². The van der Waals surface area contributed by atoms with Crippen molar-refractivity contribution in [3.8, 4) is 5.75 Å². The summed E-state index contributed by atoms with van der Waals surface area (Å²) >= 11 is 0. The third-order valence-corrected chi connectivity index (χ3v) is 4.10. The van der Waals surface area contributed by atoms with E-state index in [1.54, 1.807) is 18.3 Å². The minimum absolute atomic E-state index is 0.486. The van der Waals surface area contributed by atoms with Crippen LogP contribution in [0.15, 0.2) is 30.5 Å². The molecule has 2 aromatic rings. The van der Waals surface area contributed by atoms with Crippen LogP contribution in [0.3, 0.4) is 0 Å². The number of pyridine rings is 1. The average molecular weight is 336 g/mol. The Bertz CT molecular complexity index is 710. The first-order valence-corrected chi connectivity index (χ1v) is 7.55. The van der Waals surface area contributed by atoms with Crippen molar-refractivity contribution in [2.45, 2.75) is 30.6 Å². The Hall–Kier alpha value is -1.97. The van der Waals surface area contributed by atoms with Gasteiger partial charge in [0.25, 0.3) is 0 Å². The number of aliphatic hydroxyl groups is 4. The number of aromatic nitrogens is 1. The van der Waals surface area contributed by atoms with E-state index in [2.05, 4.69) is 10.3 Å². The first kappa shape index (κ1) is 16.9. The molecule has 0 saturated carbocycles. The van der Waals surface area contributed by atoms with Gasteiger partial charge in [-0.1, -0.05) is 6.07 Å². The molecule has 0 spiro atoms. The van der Waals surface area contributed by atoms with Gasteiger partial charge in [-0.2, -0.15) is 0 Å². The summed E-state index contributed by atoms with van der Waals surface area (Å²) in [5.41, 5.74) is 1.17. The van der Waals surface area contributed by atoms with E-state index in [-0.39, 0.29) is 0 Å². The lowest BCUT2D eigenvalue weighted by molar-refractivity contribution is -0.221. The van der Waals surface area contributed by atoms with Crippen LogP contribution in [0.5, 0.6) is 5.75 Å². The number of nitrogens with zero attached hydrogens (tertiary/aromatic N) is 1. The van der Waals surface area contributed by atoms with Crippen molar-refractivity contribution in [1.82, 2.24) is 4.98 Å². The minimum atomic E-state index is -1.45. The summed E-state index contributed by atoms with van der Waals surface area (Å²) in [5.74, 6) is 0.586. The summed E-state index contributed by atoms with van der Waals surface area (Å²) < 4.78 is 10.7. The number of methoxy groups -OCH3 is 1. The maximum Gasteiger partial charge on any atom is 0.157 e. The Kier molecular flexibility index (Phi) is 4.83. The fraction of sp³-hybridized carbons (Fsp3) is 0.438. The Balaban J connectivity index is 1.94. The van der Waals surface area contributed by atoms with Crippen LogP contribution in [-0.4, -0.2) is 69.8 Å². The van der Waals surface area contributed by atoms with Crippen molar-refractivity contribution in [2.75, 3.05) is 19.0 Å². The van der Waals surface area contributed by atoms with Crippen molar-refractivity contribution in [3.05, 3.63) is 30.5 Å². The average Bonchev–Trinajstić information content (AvgIpc) is 2.61. The van der Waals surface area contributed by atoms with Crippen LogP contribution in [0.1, 0.15) is 0 Å². The lowest BCUT2D eigenvalue weighted by Gasteiger charge is -2.40. The van der Waals surface area contributed by atoms with E-state index < -0.39 is 37.3 Å². The Morgan fingerprint density at radius 3 is 2.71 bits per heavy atom. The van der Waals surface area contributed by atoms with Crippen LogP contribution in [0.4, 0.5) is 5.69 Å². The van der Waals surface area contributed by atoms with Crippen LogP contribution >= 0.6 is 0 Å². The molecule has 0 aliphatic carbocycles. The number of nitrogens with one attached hydrogen (secondary N) is 1. The number of hydrogen-bond acceptors (Lipinski definition) is 8. The van der Waals surface area contributed by atoms with Gasteiger partial charge in [0, 0.05) is 17.6 Å². The van der Waals surface area contributed by atoms with E-state index in [1.807, 2.05) is 12.1 Å². The standard InChI is InChI=1S/C16H20N2O6/c1-23-9-5-8-3-2-4-17-12(8)10(6-9)18-16-15(22)14(21)13(20)11(7-19)24-16/h2-6,11,13-16,18-22H,7H2,1H3/t11-,13-,14+,15-,16?/m1/s1. The number of rotatable bonds is 4. The summed E-state index contributed by atoms with van der Waals surface area (Å²) in [5, 5.41) is 42.9. The number of anilines is 1. The molecular formula is C16H20N2O6. The predicted octanol–water partition coefficient (Wildman–Crippen LogP) is -0.545. The topological polar surface area (TPSA) is 124 Å². The van der Waals surface area contributed by atoms with Crippen LogP contribution in [0.2, 0.25) is 0 Å². The molecular weight excluding hydrogens is 316 g/mol. The Morgan fingerprint density at radius 1 is 1.21 bits per heavy atom. The summed E-state index contributed by atoms with van der Waals surface area (Å²) in [6.07, 6.45) is -4.61. The van der Waals surface area contributed by atoms with Crippen LogP contribution in [-0.2, 0) is 4.74 Å². The fourth-order valence-electron chi connectivity index (χ4n) is 2.77. The van der Waals surface area contributed by atoms with Gasteiger partial charge in [0.1, 0.15) is 30.2 Å². The molecule has 5 atom stereocenters. The highest BCUT2D eigenvalue weighted by molar-refractivity contribution is 5.91. The van der Waals surface area contributed by atoms with Gasteiger partial charge in [-0.3, -0.25) is 4.98 Å². The molecule has 1 unspecified atom stereocenters. The van der Waals surface area contributed by atoms with E-state index in [4.69, 9.17) is 9.47 Å². The molecule has 2 heterocycles. The Labute approximate surface area is 138 Å². The predicted molar refractivity (Wildman–Crippen MR) is 85.7 cm³/mol. The zero-order valence-electron chi connectivity index (χ0n) is 13.0. The van der Waals surface area contributed by atoms with Crippen molar-refractivity contribution in [1.29, 1.82) is 0 Å². The normalized spacial score (nSPS) is 30.3. The first-order chi connectivity index (χ1) is 11.5. The van der Waals surface area contributed by atoms with Crippen molar-refractivity contribution < 1.29 is 29.9 Å². The van der Waals surface area contributed by atoms with Gasteiger partial charge in [0.2, 0.25) is 0 Å². The van der Waals surface area contributed by atoms with Crippen molar-refractivity contribution >= 4 is 16.6 Å². The van der Waals surface area contributed by atoms with E-state index >= 15 is 0 Å². The molecule has 3 rings (SSSR count). The number of fused-ring (bicyclic) bond motifs is 1. The third-order valence-electron chi connectivity index (χ3n) is 4.10. The quantitative estimate of drug-likeness (QED) is 0.504. The highest BCUT2D eigenvalue weighted by atomic mass is 16.6. The molecule has 8 heteroatoms. The Morgan fingerprint density at radius 2 is 2.00 bits per heavy atom. The SMILES string of the molecule is COc1cc(NC2O[C@H](CO)[C@@H](O)[C@H](O)[C@H]2O)c2ncccc2c1. The van der Waals surface area contributed by atoms with Gasteiger partial charge in [0.05, 0.1) is 24.9 Å². The van der Waals surface area contributed by atoms with Crippen molar-refractivity contribution in [2.24, 2.45) is 0 Å². The second-order valence-corrected chi connectivity index (χ2v) is 5.64. The van der Waals surface area contributed by atoms with Gasteiger partial charge in [0.15, 0.2) is 6.23 Å². The second kappa shape index (κ2) is 6.88. The summed E-state index contributed by atoms with van der Waals surface area (Å²) in [4.78, 5) is 4.30. The third kappa shape index (κ3) is 3.02. The van der Waals surface area contributed by atoms with E-state index in [0.29, 0.717) is 17.0 Å². The highest BCUT2D eigenvalue weighted by Gasteiger charge is 2.43. The van der Waals surface area contributed by atoms with E-state index in [0.717, 1.165) is 5.39 Å². The summed E-state index contributed by atoms with van der Waals surface area (Å²) in [7, 11) is 1.54. The van der Waals surface area contributed by atoms with Gasteiger partial charge >= 0.3 is 0 Å². The highest BCUT2D eigenvalue weighted by Crippen LogP contribution is 2.30. The molecule has 1 fully saturated rings. The maximum absolute atomic E-state index is 10.2. The van der Waals surface area contributed by atoms with E-state index in [9.17, 15) is 20.4 Å². The molecule has 0 bridgehead atoms. The smallest absolute Gasteiger partial charge is 0.157 e. The van der Waals surface area contributed by atoms with Crippen molar-refractivity contribution in [3.63, 3.8) is 0 Å². The molecule has 1 aromatic carbocycles. The number of benzene rings is 1. The minimum Gasteiger partial charge on any atom is -0.497 e. The number of aliphatic hydroxyl groups excluding tert-OH is 4. The lowest BCUT2D eigenvalue weighted by Crippen LogP contribution is -2.60. The molecule has 130 valence electrons. The van der Waals surface area contributed by atoms with E-state index in [1.165, 1.54) is 7.11 Å². The number of hydrogen-bond donors (Lipinski definition) is 5. The maximum atomic E-state index is 10.2. The zero-order valence-corrected chi connectivity index (χ0v) is 13.0. The molecule has 1 aromatic heterocycles. The van der Waals surface area contributed by atoms with Gasteiger partial charge in [-0.05, 0) is 12.1 Å². The van der Waals surface area contributed by atoms with Crippen LogP contribution < -0.4 is 10.1 Å². The molecule has 0 radical (unpaired) electrons. The van der Waals surface area contributed by atoms with Crippen LogP contribution in [0.25, 0.3) is 10.9 Å². The zero-order chi connectivity index (χ0) is 17.3. The fourth-order valence-corrected chi connectivity index (χ4v) is 2.77. The molecule has 1 aliphatic heterocycles.